The number of benzene rings is 5. The van der Waals surface area contributed by atoms with Crippen LogP contribution in [-0.4, -0.2) is 11.6 Å². The van der Waals surface area contributed by atoms with Crippen molar-refractivity contribution in [3.8, 4) is 11.5 Å². The second kappa shape index (κ2) is 9.47. The second-order valence-electron chi connectivity index (χ2n) is 8.67. The summed E-state index contributed by atoms with van der Waals surface area (Å²) >= 11 is 0. The number of hydrogen-bond acceptors (Lipinski definition) is 5. The Hall–Kier alpha value is -5.16. The van der Waals surface area contributed by atoms with Gasteiger partial charge in [-0.2, -0.15) is 0 Å². The van der Waals surface area contributed by atoms with Crippen molar-refractivity contribution in [2.45, 2.75) is 0 Å². The molecule has 1 aliphatic carbocycles. The largest absolute Gasteiger partial charge is 0.457 e. The molecule has 5 aromatic rings. The molecule has 0 fully saturated rings. The highest BCUT2D eigenvalue weighted by molar-refractivity contribution is 6.32. The SMILES string of the molecule is O=C1c2ccccc2C(=O)c2c(Nc3ccc(Oc4ccccc4)cc3)ccc(Nc3ccccc3)c21. The Labute approximate surface area is 214 Å². The fourth-order valence-electron chi connectivity index (χ4n) is 4.49. The first kappa shape index (κ1) is 22.3. The molecule has 0 spiro atoms. The average molecular weight is 483 g/mol. The molecule has 0 saturated carbocycles. The maximum absolute atomic E-state index is 13.7. The highest BCUT2D eigenvalue weighted by Crippen LogP contribution is 2.38. The van der Waals surface area contributed by atoms with Gasteiger partial charge >= 0.3 is 0 Å². The molecule has 6 rings (SSSR count). The molecule has 1 aliphatic rings. The van der Waals surface area contributed by atoms with Gasteiger partial charge in [0.1, 0.15) is 11.5 Å². The minimum absolute atomic E-state index is 0.182. The van der Waals surface area contributed by atoms with Crippen molar-refractivity contribution in [1.82, 2.24) is 0 Å². The molecule has 178 valence electrons. The van der Waals surface area contributed by atoms with Crippen molar-refractivity contribution >= 4 is 34.3 Å². The van der Waals surface area contributed by atoms with E-state index in [0.717, 1.165) is 17.1 Å². The van der Waals surface area contributed by atoms with E-state index in [-0.39, 0.29) is 11.6 Å². The molecule has 5 heteroatoms. The van der Waals surface area contributed by atoms with Gasteiger partial charge < -0.3 is 15.4 Å². The molecule has 0 atom stereocenters. The predicted molar refractivity (Wildman–Crippen MR) is 146 cm³/mol. The van der Waals surface area contributed by atoms with Crippen molar-refractivity contribution < 1.29 is 14.3 Å². The van der Waals surface area contributed by atoms with Gasteiger partial charge in [0.25, 0.3) is 0 Å². The van der Waals surface area contributed by atoms with Gasteiger partial charge in [-0.15, -0.1) is 0 Å². The summed E-state index contributed by atoms with van der Waals surface area (Å²) in [6.07, 6.45) is 0. The van der Waals surface area contributed by atoms with Crippen LogP contribution in [0.25, 0.3) is 0 Å². The van der Waals surface area contributed by atoms with E-state index in [2.05, 4.69) is 10.6 Å². The zero-order chi connectivity index (χ0) is 25.2. The summed E-state index contributed by atoms with van der Waals surface area (Å²) in [6, 6.07) is 37.2. The number of carbonyl (C=O) groups excluding carboxylic acids is 2. The lowest BCUT2D eigenvalue weighted by atomic mass is 9.82. The van der Waals surface area contributed by atoms with Crippen molar-refractivity contribution in [2.75, 3.05) is 10.6 Å². The van der Waals surface area contributed by atoms with Crippen LogP contribution < -0.4 is 15.4 Å². The Morgan fingerprint density at radius 2 is 0.865 bits per heavy atom. The van der Waals surface area contributed by atoms with Crippen molar-refractivity contribution in [2.24, 2.45) is 0 Å². The first-order chi connectivity index (χ1) is 18.2. The second-order valence-corrected chi connectivity index (χ2v) is 8.67. The lowest BCUT2D eigenvalue weighted by Crippen LogP contribution is -2.23. The van der Waals surface area contributed by atoms with E-state index >= 15 is 0 Å². The van der Waals surface area contributed by atoms with Crippen molar-refractivity contribution in [3.05, 3.63) is 144 Å². The molecular weight excluding hydrogens is 460 g/mol. The number of ketones is 2. The van der Waals surface area contributed by atoms with Crippen LogP contribution >= 0.6 is 0 Å². The Balaban J connectivity index is 1.37. The minimum atomic E-state index is -0.187. The standard InChI is InChI=1S/C32H22N2O3/c35-31-25-13-7-8-14-26(25)32(36)30-28(20-19-27(29(30)31)33-21-9-3-1-4-10-21)34-22-15-17-24(18-16-22)37-23-11-5-2-6-12-23/h1-20,33-34H. The third-order valence-electron chi connectivity index (χ3n) is 6.24. The summed E-state index contributed by atoms with van der Waals surface area (Å²) in [4.78, 5) is 27.3. The van der Waals surface area contributed by atoms with Crippen LogP contribution in [0.1, 0.15) is 31.8 Å². The van der Waals surface area contributed by atoms with Gasteiger partial charge in [-0.3, -0.25) is 9.59 Å². The summed E-state index contributed by atoms with van der Waals surface area (Å²) < 4.78 is 5.88. The number of carbonyl (C=O) groups is 2. The van der Waals surface area contributed by atoms with E-state index in [0.29, 0.717) is 39.4 Å². The fraction of sp³-hybridized carbons (Fsp3) is 0. The summed E-state index contributed by atoms with van der Waals surface area (Å²) in [5.74, 6) is 1.08. The lowest BCUT2D eigenvalue weighted by Gasteiger charge is -2.24. The van der Waals surface area contributed by atoms with Gasteiger partial charge in [0, 0.05) is 22.5 Å². The third-order valence-corrected chi connectivity index (χ3v) is 6.24. The minimum Gasteiger partial charge on any atom is -0.457 e. The summed E-state index contributed by atoms with van der Waals surface area (Å²) in [5.41, 5.74) is 4.30. The van der Waals surface area contributed by atoms with E-state index < -0.39 is 0 Å². The zero-order valence-corrected chi connectivity index (χ0v) is 19.8. The van der Waals surface area contributed by atoms with Gasteiger partial charge in [-0.1, -0.05) is 60.7 Å². The molecule has 0 aromatic heterocycles. The molecule has 0 amide bonds. The van der Waals surface area contributed by atoms with Crippen LogP contribution in [0.15, 0.2) is 121 Å². The molecule has 0 saturated heterocycles. The van der Waals surface area contributed by atoms with Crippen LogP contribution in [0.2, 0.25) is 0 Å². The number of ether oxygens (including phenoxy) is 1. The molecule has 37 heavy (non-hydrogen) atoms. The topological polar surface area (TPSA) is 67.4 Å². The average Bonchev–Trinajstić information content (AvgIpc) is 2.94. The smallest absolute Gasteiger partial charge is 0.196 e. The molecular formula is C32H22N2O3. The van der Waals surface area contributed by atoms with E-state index in [1.807, 2.05) is 97.1 Å². The highest BCUT2D eigenvalue weighted by Gasteiger charge is 2.34. The first-order valence-corrected chi connectivity index (χ1v) is 11.9. The van der Waals surface area contributed by atoms with Crippen molar-refractivity contribution in [1.29, 1.82) is 0 Å². The number of anilines is 4. The van der Waals surface area contributed by atoms with Gasteiger partial charge in [-0.05, 0) is 60.7 Å². The summed E-state index contributed by atoms with van der Waals surface area (Å²) in [5, 5.41) is 6.66. The van der Waals surface area contributed by atoms with Gasteiger partial charge in [0.15, 0.2) is 11.6 Å². The molecule has 0 bridgehead atoms. The quantitative estimate of drug-likeness (QED) is 0.254. The zero-order valence-electron chi connectivity index (χ0n) is 19.8. The molecule has 0 aliphatic heterocycles. The summed E-state index contributed by atoms with van der Waals surface area (Å²) in [7, 11) is 0. The summed E-state index contributed by atoms with van der Waals surface area (Å²) in [6.45, 7) is 0. The van der Waals surface area contributed by atoms with E-state index in [9.17, 15) is 9.59 Å². The molecule has 5 nitrogen and oxygen atoms in total. The van der Waals surface area contributed by atoms with Gasteiger partial charge in [-0.25, -0.2) is 0 Å². The number of para-hydroxylation sites is 2. The van der Waals surface area contributed by atoms with E-state index in [1.165, 1.54) is 0 Å². The number of nitrogens with one attached hydrogen (secondary N) is 2. The Morgan fingerprint density at radius 3 is 1.41 bits per heavy atom. The number of hydrogen-bond donors (Lipinski definition) is 2. The molecule has 0 radical (unpaired) electrons. The predicted octanol–water partition coefficient (Wildman–Crippen LogP) is 7.74. The Morgan fingerprint density at radius 1 is 0.432 bits per heavy atom. The van der Waals surface area contributed by atoms with Crippen LogP contribution in [0.3, 0.4) is 0 Å². The van der Waals surface area contributed by atoms with Crippen molar-refractivity contribution in [3.63, 3.8) is 0 Å². The maximum Gasteiger partial charge on any atom is 0.196 e. The highest BCUT2D eigenvalue weighted by atomic mass is 16.5. The normalized spacial score (nSPS) is 11.9. The van der Waals surface area contributed by atoms with E-state index in [1.54, 1.807) is 24.3 Å². The Bertz CT molecular complexity index is 1610. The molecule has 0 heterocycles. The van der Waals surface area contributed by atoms with Gasteiger partial charge in [0.05, 0.1) is 22.5 Å². The third kappa shape index (κ3) is 4.34. The first-order valence-electron chi connectivity index (χ1n) is 11.9. The Kier molecular flexibility index (Phi) is 5.71. The van der Waals surface area contributed by atoms with E-state index in [4.69, 9.17) is 4.74 Å². The molecule has 2 N–H and O–H groups in total. The van der Waals surface area contributed by atoms with Crippen LogP contribution in [0, 0.1) is 0 Å². The monoisotopic (exact) mass is 482 g/mol. The number of rotatable bonds is 6. The fourth-order valence-corrected chi connectivity index (χ4v) is 4.49. The lowest BCUT2D eigenvalue weighted by molar-refractivity contribution is 0.0980. The number of fused-ring (bicyclic) bond motifs is 2. The molecule has 0 unspecified atom stereocenters. The molecule has 5 aromatic carbocycles. The van der Waals surface area contributed by atoms with Gasteiger partial charge in [0.2, 0.25) is 0 Å². The van der Waals surface area contributed by atoms with Crippen LogP contribution in [-0.2, 0) is 0 Å². The maximum atomic E-state index is 13.7. The van der Waals surface area contributed by atoms with Crippen LogP contribution in [0.4, 0.5) is 22.7 Å². The van der Waals surface area contributed by atoms with Crippen LogP contribution in [0.5, 0.6) is 11.5 Å².